The molecule has 1 fully saturated rings. The lowest BCUT2D eigenvalue weighted by atomic mass is 9.71. The lowest BCUT2D eigenvalue weighted by Crippen LogP contribution is -2.37. The summed E-state index contributed by atoms with van der Waals surface area (Å²) in [6.45, 7) is 1.10. The van der Waals surface area contributed by atoms with E-state index in [4.69, 9.17) is 0 Å². The second kappa shape index (κ2) is 4.95. The highest BCUT2D eigenvalue weighted by Gasteiger charge is 2.32. The van der Waals surface area contributed by atoms with Gasteiger partial charge in [-0.05, 0) is 25.3 Å². The van der Waals surface area contributed by atoms with Crippen LogP contribution in [0.15, 0.2) is 6.33 Å². The van der Waals surface area contributed by atoms with Gasteiger partial charge in [0.15, 0.2) is 0 Å². The van der Waals surface area contributed by atoms with Gasteiger partial charge in [0.1, 0.15) is 12.2 Å². The van der Waals surface area contributed by atoms with Gasteiger partial charge in [0.2, 0.25) is 0 Å². The lowest BCUT2D eigenvalue weighted by Gasteiger charge is -2.37. The Hall–Kier alpha value is -0.900. The van der Waals surface area contributed by atoms with Crippen molar-refractivity contribution in [3.8, 4) is 0 Å². The number of aromatic nitrogens is 3. The third-order valence-corrected chi connectivity index (χ3v) is 3.80. The molecule has 16 heavy (non-hydrogen) atoms. The lowest BCUT2D eigenvalue weighted by molar-refractivity contribution is 0.179. The molecule has 0 radical (unpaired) electrons. The van der Waals surface area contributed by atoms with Gasteiger partial charge in [-0.25, -0.2) is 4.98 Å². The molecule has 2 rings (SSSR count). The molecule has 1 aliphatic carbocycles. The molecule has 90 valence electrons. The van der Waals surface area contributed by atoms with Gasteiger partial charge in [0, 0.05) is 20.0 Å². The van der Waals surface area contributed by atoms with Crippen molar-refractivity contribution >= 4 is 0 Å². The first-order valence-electron chi connectivity index (χ1n) is 6.23. The molecule has 4 heteroatoms. The van der Waals surface area contributed by atoms with Crippen molar-refractivity contribution < 1.29 is 0 Å². The Labute approximate surface area is 97.5 Å². The number of rotatable bonds is 4. The summed E-state index contributed by atoms with van der Waals surface area (Å²) < 4.78 is 1.91. The molecule has 1 saturated carbocycles. The maximum Gasteiger partial charge on any atom is 0.138 e. The van der Waals surface area contributed by atoms with Gasteiger partial charge >= 0.3 is 0 Å². The summed E-state index contributed by atoms with van der Waals surface area (Å²) in [4.78, 5) is 4.36. The Balaban J connectivity index is 2.10. The average molecular weight is 222 g/mol. The third-order valence-electron chi connectivity index (χ3n) is 3.80. The maximum absolute atomic E-state index is 4.36. The number of nitrogens with one attached hydrogen (secondary N) is 1. The minimum Gasteiger partial charge on any atom is -0.319 e. The molecule has 0 aliphatic heterocycles. The second-order valence-corrected chi connectivity index (χ2v) is 5.07. The molecule has 1 aromatic rings. The van der Waals surface area contributed by atoms with Crippen LogP contribution in [-0.4, -0.2) is 28.4 Å². The largest absolute Gasteiger partial charge is 0.319 e. The summed E-state index contributed by atoms with van der Waals surface area (Å²) in [6.07, 6.45) is 9.47. The summed E-state index contributed by atoms with van der Waals surface area (Å²) in [5.74, 6) is 1.12. The van der Waals surface area contributed by atoms with Crippen LogP contribution in [0, 0.1) is 5.41 Å². The highest BCUT2D eigenvalue weighted by atomic mass is 15.3. The van der Waals surface area contributed by atoms with E-state index >= 15 is 0 Å². The predicted octanol–water partition coefficient (Wildman–Crippen LogP) is 1.53. The number of aryl methyl sites for hydroxylation is 1. The standard InChI is InChI=1S/C12H22N4/c1-13-9-12(6-4-3-5-7-12)8-11-14-10-15-16(11)2/h10,13H,3-9H2,1-2H3. The molecule has 0 amide bonds. The smallest absolute Gasteiger partial charge is 0.138 e. The fourth-order valence-corrected chi connectivity index (χ4v) is 2.91. The number of nitrogens with zero attached hydrogens (tertiary/aromatic N) is 3. The first-order chi connectivity index (χ1) is 7.76. The van der Waals surface area contributed by atoms with Crippen LogP contribution in [0.3, 0.4) is 0 Å². The molecule has 0 bridgehead atoms. The molecule has 0 unspecified atom stereocenters. The van der Waals surface area contributed by atoms with Crippen molar-refractivity contribution in [3.63, 3.8) is 0 Å². The Morgan fingerprint density at radius 2 is 2.12 bits per heavy atom. The van der Waals surface area contributed by atoms with E-state index in [2.05, 4.69) is 15.4 Å². The highest BCUT2D eigenvalue weighted by Crippen LogP contribution is 2.38. The quantitative estimate of drug-likeness (QED) is 0.840. The molecule has 1 aliphatic rings. The molecule has 0 atom stereocenters. The first kappa shape index (κ1) is 11.6. The summed E-state index contributed by atoms with van der Waals surface area (Å²) >= 11 is 0. The SMILES string of the molecule is CNCC1(Cc2ncnn2C)CCCCC1. The van der Waals surface area contributed by atoms with Gasteiger partial charge in [-0.15, -0.1) is 0 Å². The third kappa shape index (κ3) is 2.43. The van der Waals surface area contributed by atoms with E-state index in [1.54, 1.807) is 6.33 Å². The monoisotopic (exact) mass is 222 g/mol. The first-order valence-corrected chi connectivity index (χ1v) is 6.23. The van der Waals surface area contributed by atoms with E-state index in [0.29, 0.717) is 5.41 Å². The number of hydrogen-bond donors (Lipinski definition) is 1. The summed E-state index contributed by atoms with van der Waals surface area (Å²) in [5, 5.41) is 7.51. The highest BCUT2D eigenvalue weighted by molar-refractivity contribution is 4.96. The van der Waals surface area contributed by atoms with Crippen molar-refractivity contribution in [1.82, 2.24) is 20.1 Å². The van der Waals surface area contributed by atoms with E-state index in [1.807, 2.05) is 18.8 Å². The van der Waals surface area contributed by atoms with E-state index in [1.165, 1.54) is 32.1 Å². The summed E-state index contributed by atoms with van der Waals surface area (Å²) in [5.41, 5.74) is 0.411. The van der Waals surface area contributed by atoms with E-state index < -0.39 is 0 Å². The van der Waals surface area contributed by atoms with Crippen molar-refractivity contribution in [3.05, 3.63) is 12.2 Å². The normalized spacial score (nSPS) is 19.9. The van der Waals surface area contributed by atoms with Crippen molar-refractivity contribution in [2.24, 2.45) is 12.5 Å². The minimum absolute atomic E-state index is 0.411. The van der Waals surface area contributed by atoms with Crippen LogP contribution in [0.1, 0.15) is 37.9 Å². The summed E-state index contributed by atoms with van der Waals surface area (Å²) in [7, 11) is 4.03. The van der Waals surface area contributed by atoms with Crippen molar-refractivity contribution in [1.29, 1.82) is 0 Å². The van der Waals surface area contributed by atoms with Crippen molar-refractivity contribution in [2.45, 2.75) is 38.5 Å². The van der Waals surface area contributed by atoms with Gasteiger partial charge < -0.3 is 5.32 Å². The fraction of sp³-hybridized carbons (Fsp3) is 0.833. The second-order valence-electron chi connectivity index (χ2n) is 5.07. The van der Waals surface area contributed by atoms with Gasteiger partial charge in [0.05, 0.1) is 0 Å². The molecular weight excluding hydrogens is 200 g/mol. The predicted molar refractivity (Wildman–Crippen MR) is 64.2 cm³/mol. The molecule has 0 spiro atoms. The Bertz CT molecular complexity index is 320. The van der Waals surface area contributed by atoms with Crippen LogP contribution in [-0.2, 0) is 13.5 Å². The van der Waals surface area contributed by atoms with Gasteiger partial charge in [0.25, 0.3) is 0 Å². The molecule has 1 aromatic heterocycles. The van der Waals surface area contributed by atoms with E-state index in [0.717, 1.165) is 18.8 Å². The summed E-state index contributed by atoms with van der Waals surface area (Å²) in [6, 6.07) is 0. The number of hydrogen-bond acceptors (Lipinski definition) is 3. The van der Waals surface area contributed by atoms with Crippen LogP contribution in [0.4, 0.5) is 0 Å². The average Bonchev–Trinajstić information content (AvgIpc) is 2.66. The Kier molecular flexibility index (Phi) is 3.59. The molecule has 1 N–H and O–H groups in total. The van der Waals surface area contributed by atoms with E-state index in [-0.39, 0.29) is 0 Å². The zero-order valence-corrected chi connectivity index (χ0v) is 10.4. The van der Waals surface area contributed by atoms with Crippen molar-refractivity contribution in [2.75, 3.05) is 13.6 Å². The molecule has 4 nitrogen and oxygen atoms in total. The minimum atomic E-state index is 0.411. The zero-order chi connectivity index (χ0) is 11.4. The van der Waals surface area contributed by atoms with Gasteiger partial charge in [-0.3, -0.25) is 4.68 Å². The molecule has 0 aromatic carbocycles. The Morgan fingerprint density at radius 1 is 1.38 bits per heavy atom. The molecule has 1 heterocycles. The maximum atomic E-state index is 4.36. The van der Waals surface area contributed by atoms with Crippen LogP contribution in [0.25, 0.3) is 0 Å². The zero-order valence-electron chi connectivity index (χ0n) is 10.4. The van der Waals surface area contributed by atoms with Crippen LogP contribution in [0.2, 0.25) is 0 Å². The molecular formula is C12H22N4. The molecule has 0 saturated heterocycles. The fourth-order valence-electron chi connectivity index (χ4n) is 2.91. The van der Waals surface area contributed by atoms with Crippen LogP contribution < -0.4 is 5.32 Å². The van der Waals surface area contributed by atoms with Gasteiger partial charge in [-0.2, -0.15) is 5.10 Å². The topological polar surface area (TPSA) is 42.7 Å². The van der Waals surface area contributed by atoms with Crippen LogP contribution >= 0.6 is 0 Å². The van der Waals surface area contributed by atoms with E-state index in [9.17, 15) is 0 Å². The Morgan fingerprint density at radius 3 is 2.69 bits per heavy atom. The van der Waals surface area contributed by atoms with Crippen LogP contribution in [0.5, 0.6) is 0 Å². The van der Waals surface area contributed by atoms with Gasteiger partial charge in [-0.1, -0.05) is 19.3 Å².